The fourth-order valence-corrected chi connectivity index (χ4v) is 4.31. The summed E-state index contributed by atoms with van der Waals surface area (Å²) in [5.74, 6) is 12.4. The summed E-state index contributed by atoms with van der Waals surface area (Å²) in [7, 11) is 0. The first-order chi connectivity index (χ1) is 18.8. The molecule has 0 aliphatic rings. The number of hydrogen-bond donors (Lipinski definition) is 1. The number of allylic oxidation sites excluding steroid dienone is 4. The van der Waals surface area contributed by atoms with Crippen LogP contribution in [-0.2, 0) is 0 Å². The van der Waals surface area contributed by atoms with E-state index in [0.717, 1.165) is 19.4 Å². The highest BCUT2D eigenvalue weighted by molar-refractivity contribution is 5.25. The van der Waals surface area contributed by atoms with Crippen LogP contribution in [0, 0.1) is 23.7 Å². The Morgan fingerprint density at radius 2 is 0.868 bits per heavy atom. The normalized spacial score (nSPS) is 10.6. The Balaban J connectivity index is 0. The molecular weight excluding hydrogens is 458 g/mol. The third-order valence-electron chi connectivity index (χ3n) is 6.81. The number of nitrogens with two attached hydrogens (primary N) is 1. The van der Waals surface area contributed by atoms with Crippen molar-refractivity contribution in [1.29, 1.82) is 0 Å². The third kappa shape index (κ3) is 41.7. The van der Waals surface area contributed by atoms with Crippen LogP contribution in [0.4, 0.5) is 0 Å². The Morgan fingerprint density at radius 3 is 1.29 bits per heavy atom. The molecule has 2 N–H and O–H groups in total. The fourth-order valence-electron chi connectivity index (χ4n) is 4.31. The first kappa shape index (κ1) is 38.7. The van der Waals surface area contributed by atoms with E-state index in [4.69, 9.17) is 5.73 Å². The predicted octanol–water partition coefficient (Wildman–Crippen LogP) is 11.9. The minimum atomic E-state index is 0.843. The molecule has 220 valence electrons. The lowest BCUT2D eigenvalue weighted by atomic mass is 10.1. The maximum absolute atomic E-state index is 5.48. The average Bonchev–Trinajstić information content (AvgIpc) is 2.93. The van der Waals surface area contributed by atoms with Gasteiger partial charge in [-0.25, -0.2) is 0 Å². The van der Waals surface area contributed by atoms with Gasteiger partial charge in [-0.1, -0.05) is 166 Å². The molecule has 0 heterocycles. The lowest BCUT2D eigenvalue weighted by Gasteiger charge is -1.99. The van der Waals surface area contributed by atoms with E-state index in [0.29, 0.717) is 0 Å². The van der Waals surface area contributed by atoms with E-state index in [-0.39, 0.29) is 0 Å². The van der Waals surface area contributed by atoms with Crippen molar-refractivity contribution in [3.8, 4) is 23.7 Å². The number of hydrogen-bond acceptors (Lipinski definition) is 1. The minimum absolute atomic E-state index is 0.843. The Bertz CT molecular complexity index is 556. The smallest absolute Gasteiger partial charge is 0.00989 e. The van der Waals surface area contributed by atoms with Gasteiger partial charge >= 0.3 is 0 Å². The highest BCUT2D eigenvalue weighted by Crippen LogP contribution is 2.10. The van der Waals surface area contributed by atoms with E-state index in [1.165, 1.54) is 148 Å². The van der Waals surface area contributed by atoms with Crippen LogP contribution < -0.4 is 5.73 Å². The van der Waals surface area contributed by atoms with E-state index in [1.807, 2.05) is 0 Å². The monoisotopic (exact) mass is 526 g/mol. The molecule has 0 radical (unpaired) electrons. The van der Waals surface area contributed by atoms with Gasteiger partial charge in [-0.3, -0.25) is 0 Å². The molecule has 0 aromatic heterocycles. The second-order valence-electron chi connectivity index (χ2n) is 10.7. The summed E-state index contributed by atoms with van der Waals surface area (Å²) in [4.78, 5) is 0. The molecule has 0 aliphatic heterocycles. The largest absolute Gasteiger partial charge is 0.330 e. The maximum atomic E-state index is 5.48. The fraction of sp³-hybridized carbons (Fsp3) is 0.784. The van der Waals surface area contributed by atoms with Crippen molar-refractivity contribution in [2.24, 2.45) is 5.73 Å². The first-order valence-electron chi connectivity index (χ1n) is 16.8. The van der Waals surface area contributed by atoms with Crippen molar-refractivity contribution in [3.63, 3.8) is 0 Å². The van der Waals surface area contributed by atoms with Gasteiger partial charge in [0.05, 0.1) is 0 Å². The summed E-state index contributed by atoms with van der Waals surface area (Å²) in [6, 6.07) is 0. The van der Waals surface area contributed by atoms with Crippen LogP contribution in [0.5, 0.6) is 0 Å². The molecule has 0 aromatic carbocycles. The van der Waals surface area contributed by atoms with Crippen LogP contribution >= 0.6 is 0 Å². The highest BCUT2D eigenvalue weighted by atomic mass is 14.5. The topological polar surface area (TPSA) is 26.0 Å². The molecule has 1 heteroatoms. The molecule has 38 heavy (non-hydrogen) atoms. The van der Waals surface area contributed by atoms with Gasteiger partial charge < -0.3 is 5.73 Å². The summed E-state index contributed by atoms with van der Waals surface area (Å²) in [5, 5.41) is 0. The van der Waals surface area contributed by atoms with E-state index < -0.39 is 0 Å². The van der Waals surface area contributed by atoms with Gasteiger partial charge in [-0.2, -0.15) is 0 Å². The van der Waals surface area contributed by atoms with Gasteiger partial charge in [0, 0.05) is 12.8 Å². The van der Waals surface area contributed by atoms with Crippen LogP contribution in [0.2, 0.25) is 0 Å². The minimum Gasteiger partial charge on any atom is -0.330 e. The van der Waals surface area contributed by atoms with Gasteiger partial charge in [0.1, 0.15) is 0 Å². The number of rotatable bonds is 25. The molecule has 0 spiro atoms. The van der Waals surface area contributed by atoms with Crippen molar-refractivity contribution in [3.05, 3.63) is 24.3 Å². The molecule has 1 nitrogen and oxygen atoms in total. The van der Waals surface area contributed by atoms with E-state index >= 15 is 0 Å². The lowest BCUT2D eigenvalue weighted by molar-refractivity contribution is 0.579. The van der Waals surface area contributed by atoms with Crippen molar-refractivity contribution < 1.29 is 0 Å². The van der Waals surface area contributed by atoms with Crippen LogP contribution in [0.15, 0.2) is 24.3 Å². The van der Waals surface area contributed by atoms with Gasteiger partial charge in [0.25, 0.3) is 0 Å². The van der Waals surface area contributed by atoms with E-state index in [9.17, 15) is 0 Å². The molecule has 0 saturated carbocycles. The maximum Gasteiger partial charge on any atom is 0.00989 e. The van der Waals surface area contributed by atoms with Gasteiger partial charge in [0.2, 0.25) is 0 Å². The highest BCUT2D eigenvalue weighted by Gasteiger charge is 1.91. The van der Waals surface area contributed by atoms with Crippen LogP contribution in [0.25, 0.3) is 0 Å². The molecule has 0 amide bonds. The molecule has 0 rings (SSSR count). The lowest BCUT2D eigenvalue weighted by Crippen LogP contribution is -1.97. The van der Waals surface area contributed by atoms with Crippen LogP contribution in [0.3, 0.4) is 0 Å². The second kappa shape index (κ2) is 40.1. The summed E-state index contributed by atoms with van der Waals surface area (Å²) < 4.78 is 0. The summed E-state index contributed by atoms with van der Waals surface area (Å²) in [6.45, 7) is 7.44. The summed E-state index contributed by atoms with van der Waals surface area (Å²) >= 11 is 0. The summed E-state index contributed by atoms with van der Waals surface area (Å²) in [6.07, 6.45) is 41.7. The molecule has 0 bridgehead atoms. The van der Waals surface area contributed by atoms with Gasteiger partial charge in [-0.05, 0) is 57.4 Å². The van der Waals surface area contributed by atoms with E-state index in [1.54, 1.807) is 0 Å². The molecule has 0 fully saturated rings. The quantitative estimate of drug-likeness (QED) is 0.0715. The number of unbranched alkanes of at least 4 members (excludes halogenated alkanes) is 22. The van der Waals surface area contributed by atoms with Crippen molar-refractivity contribution in [1.82, 2.24) is 0 Å². The Labute approximate surface area is 241 Å². The van der Waals surface area contributed by atoms with Gasteiger partial charge in [0.15, 0.2) is 0 Å². The standard InChI is InChI=1S/C23H41N.C14H26/c1-2-3-4-5-6-7-8-9-10-11-12-13-14-15-16-17-18-19-20-21-22-23-24;1-3-5-7-9-11-13-14-12-10-8-6-4-2/h2-10,15-24H2,1H3;3,5,7,9H,4,6,8,10-14H2,1-2H3. The molecular formula is C37H67N. The Morgan fingerprint density at radius 1 is 0.474 bits per heavy atom. The van der Waals surface area contributed by atoms with Gasteiger partial charge in [-0.15, -0.1) is 0 Å². The zero-order valence-corrected chi connectivity index (χ0v) is 26.3. The average molecular weight is 526 g/mol. The Kier molecular flexibility index (Phi) is 40.8. The van der Waals surface area contributed by atoms with Crippen molar-refractivity contribution in [2.75, 3.05) is 6.54 Å². The molecule has 0 aliphatic carbocycles. The van der Waals surface area contributed by atoms with Crippen molar-refractivity contribution >= 4 is 0 Å². The zero-order valence-electron chi connectivity index (χ0n) is 26.3. The van der Waals surface area contributed by atoms with Crippen LogP contribution in [0.1, 0.15) is 181 Å². The third-order valence-corrected chi connectivity index (χ3v) is 6.81. The van der Waals surface area contributed by atoms with Crippen molar-refractivity contribution in [2.45, 2.75) is 181 Å². The second-order valence-corrected chi connectivity index (χ2v) is 10.7. The molecule has 0 saturated heterocycles. The van der Waals surface area contributed by atoms with Crippen LogP contribution in [-0.4, -0.2) is 6.54 Å². The first-order valence-corrected chi connectivity index (χ1v) is 16.8. The SMILES string of the molecule is CC=CC=CCCCCCCCCC.CCCCCCCCCCC#CC#CCCCCCCCCCN. The molecule has 0 aromatic rings. The zero-order chi connectivity index (χ0) is 28.0. The van der Waals surface area contributed by atoms with E-state index in [2.05, 4.69) is 68.8 Å². The predicted molar refractivity (Wildman–Crippen MR) is 175 cm³/mol. The summed E-state index contributed by atoms with van der Waals surface area (Å²) in [5.41, 5.74) is 5.48. The Hall–Kier alpha value is -1.44. The molecule has 0 atom stereocenters. The molecule has 0 unspecified atom stereocenters.